The third kappa shape index (κ3) is 6.53. The largest absolute Gasteiger partial charge is 0.489 e. The van der Waals surface area contributed by atoms with Gasteiger partial charge in [0.25, 0.3) is 0 Å². The van der Waals surface area contributed by atoms with Gasteiger partial charge in [0.15, 0.2) is 5.96 Å². The molecule has 0 saturated carbocycles. The van der Waals surface area contributed by atoms with Crippen LogP contribution in [0.2, 0.25) is 0 Å². The number of nitrogens with zero attached hydrogens (tertiary/aromatic N) is 2. The highest BCUT2D eigenvalue weighted by Crippen LogP contribution is 2.15. The lowest BCUT2D eigenvalue weighted by Crippen LogP contribution is -2.47. The second kappa shape index (κ2) is 10.2. The molecular weight excluding hydrogens is 321 g/mol. The first-order valence-electron chi connectivity index (χ1n) is 9.19. The minimum atomic E-state index is -0.261. The van der Waals surface area contributed by atoms with Gasteiger partial charge in [0.2, 0.25) is 0 Å². The van der Waals surface area contributed by atoms with Gasteiger partial charge in [-0.1, -0.05) is 0 Å². The van der Waals surface area contributed by atoms with Crippen LogP contribution in [0, 0.1) is 5.82 Å². The molecule has 1 aromatic carbocycles. The van der Waals surface area contributed by atoms with Crippen molar-refractivity contribution in [3.8, 4) is 5.75 Å². The van der Waals surface area contributed by atoms with Gasteiger partial charge in [-0.3, -0.25) is 0 Å². The molecule has 1 aliphatic heterocycles. The molecule has 0 bridgehead atoms. The number of guanidine groups is 1. The van der Waals surface area contributed by atoms with Crippen molar-refractivity contribution in [1.82, 2.24) is 10.2 Å². The summed E-state index contributed by atoms with van der Waals surface area (Å²) >= 11 is 0. The smallest absolute Gasteiger partial charge is 0.194 e. The molecule has 0 amide bonds. The van der Waals surface area contributed by atoms with E-state index >= 15 is 0 Å². The molecule has 140 valence electrons. The molecule has 1 unspecified atom stereocenters. The zero-order valence-corrected chi connectivity index (χ0v) is 15.5. The number of nitrogens with one attached hydrogen (secondary N) is 1. The number of likely N-dealkylation sites (tertiary alicyclic amines) is 1. The van der Waals surface area contributed by atoms with Crippen molar-refractivity contribution < 1.29 is 13.9 Å². The van der Waals surface area contributed by atoms with E-state index in [4.69, 9.17) is 14.5 Å². The second-order valence-corrected chi connectivity index (χ2v) is 6.22. The molecule has 1 fully saturated rings. The van der Waals surface area contributed by atoms with Crippen LogP contribution in [0.15, 0.2) is 29.3 Å². The minimum Gasteiger partial charge on any atom is -0.489 e. The first-order valence-corrected chi connectivity index (χ1v) is 9.19. The lowest BCUT2D eigenvalue weighted by atomic mass is 10.1. The summed E-state index contributed by atoms with van der Waals surface area (Å²) < 4.78 is 24.4. The van der Waals surface area contributed by atoms with Crippen LogP contribution in [0.1, 0.15) is 33.6 Å². The number of rotatable bonds is 7. The maximum Gasteiger partial charge on any atom is 0.194 e. The zero-order valence-electron chi connectivity index (χ0n) is 15.5. The summed E-state index contributed by atoms with van der Waals surface area (Å²) in [4.78, 5) is 6.99. The van der Waals surface area contributed by atoms with Crippen LogP contribution in [0.3, 0.4) is 0 Å². The molecule has 1 heterocycles. The highest BCUT2D eigenvalue weighted by molar-refractivity contribution is 5.80. The number of ether oxygens (including phenoxy) is 2. The van der Waals surface area contributed by atoms with Gasteiger partial charge in [-0.05, 0) is 57.9 Å². The van der Waals surface area contributed by atoms with E-state index in [1.54, 1.807) is 12.1 Å². The van der Waals surface area contributed by atoms with Crippen molar-refractivity contribution in [3.63, 3.8) is 0 Å². The second-order valence-electron chi connectivity index (χ2n) is 6.22. The van der Waals surface area contributed by atoms with Gasteiger partial charge in [-0.2, -0.15) is 0 Å². The molecule has 1 aliphatic rings. The number of halogens is 1. The quantitative estimate of drug-likeness (QED) is 0.606. The number of aliphatic imine (C=N–C) groups is 1. The molecule has 1 saturated heterocycles. The Balaban J connectivity index is 1.87. The Morgan fingerprint density at radius 1 is 1.28 bits per heavy atom. The van der Waals surface area contributed by atoms with Crippen molar-refractivity contribution in [2.45, 2.75) is 45.8 Å². The average molecular weight is 351 g/mol. The summed E-state index contributed by atoms with van der Waals surface area (Å²) in [6.45, 7) is 10.1. The summed E-state index contributed by atoms with van der Waals surface area (Å²) in [5.74, 6) is 1.32. The van der Waals surface area contributed by atoms with E-state index in [1.807, 2.05) is 13.8 Å². The molecule has 0 spiro atoms. The summed E-state index contributed by atoms with van der Waals surface area (Å²) in [7, 11) is 0. The molecule has 1 N–H and O–H groups in total. The molecule has 6 heteroatoms. The maximum absolute atomic E-state index is 12.9. The normalized spacial score (nSPS) is 17.4. The topological polar surface area (TPSA) is 46.1 Å². The van der Waals surface area contributed by atoms with E-state index in [-0.39, 0.29) is 11.9 Å². The van der Waals surface area contributed by atoms with Crippen LogP contribution in [0.25, 0.3) is 0 Å². The third-order valence-corrected chi connectivity index (χ3v) is 4.13. The van der Waals surface area contributed by atoms with Crippen molar-refractivity contribution in [3.05, 3.63) is 30.1 Å². The predicted molar refractivity (Wildman–Crippen MR) is 98.7 cm³/mol. The van der Waals surface area contributed by atoms with Crippen LogP contribution in [-0.4, -0.2) is 55.9 Å². The highest BCUT2D eigenvalue weighted by atomic mass is 19.1. The first-order chi connectivity index (χ1) is 12.1. The zero-order chi connectivity index (χ0) is 18.1. The van der Waals surface area contributed by atoms with E-state index in [0.717, 1.165) is 45.0 Å². The number of hydrogen-bond acceptors (Lipinski definition) is 3. The first kappa shape index (κ1) is 19.5. The van der Waals surface area contributed by atoms with Gasteiger partial charge in [-0.25, -0.2) is 9.38 Å². The van der Waals surface area contributed by atoms with Crippen LogP contribution in [0.5, 0.6) is 5.75 Å². The Morgan fingerprint density at radius 3 is 2.56 bits per heavy atom. The molecule has 5 nitrogen and oxygen atoms in total. The molecule has 1 aromatic rings. The minimum absolute atomic E-state index is 0.0833. The van der Waals surface area contributed by atoms with E-state index < -0.39 is 0 Å². The Kier molecular flexibility index (Phi) is 7.98. The molecule has 0 aromatic heterocycles. The van der Waals surface area contributed by atoms with E-state index in [9.17, 15) is 4.39 Å². The fraction of sp³-hybridized carbons (Fsp3) is 0.632. The SMILES string of the molecule is CCNC(=NCC(C)Oc1ccc(F)cc1)N1CCC(OCC)CC1. The summed E-state index contributed by atoms with van der Waals surface area (Å²) in [5.41, 5.74) is 0. The molecule has 25 heavy (non-hydrogen) atoms. The number of piperidine rings is 1. The fourth-order valence-electron chi connectivity index (χ4n) is 2.89. The molecule has 2 rings (SSSR count). The molecule has 0 aliphatic carbocycles. The van der Waals surface area contributed by atoms with Gasteiger partial charge in [-0.15, -0.1) is 0 Å². The van der Waals surface area contributed by atoms with Crippen LogP contribution in [-0.2, 0) is 4.74 Å². The van der Waals surface area contributed by atoms with Crippen molar-refractivity contribution in [2.75, 3.05) is 32.8 Å². The van der Waals surface area contributed by atoms with Crippen molar-refractivity contribution >= 4 is 5.96 Å². The third-order valence-electron chi connectivity index (χ3n) is 4.13. The summed E-state index contributed by atoms with van der Waals surface area (Å²) in [5, 5.41) is 3.36. The molecular formula is C19H30FN3O2. The van der Waals surface area contributed by atoms with E-state index in [0.29, 0.717) is 18.4 Å². The molecule has 0 radical (unpaired) electrons. The van der Waals surface area contributed by atoms with Crippen LogP contribution < -0.4 is 10.1 Å². The van der Waals surface area contributed by atoms with Crippen LogP contribution in [0.4, 0.5) is 4.39 Å². The Morgan fingerprint density at radius 2 is 1.96 bits per heavy atom. The van der Waals surface area contributed by atoms with Gasteiger partial charge in [0, 0.05) is 26.2 Å². The average Bonchev–Trinajstić information content (AvgIpc) is 2.62. The van der Waals surface area contributed by atoms with Gasteiger partial charge < -0.3 is 19.7 Å². The van der Waals surface area contributed by atoms with Gasteiger partial charge in [0.1, 0.15) is 17.7 Å². The Bertz CT molecular complexity index is 528. The van der Waals surface area contributed by atoms with E-state index in [2.05, 4.69) is 17.1 Å². The monoisotopic (exact) mass is 351 g/mol. The van der Waals surface area contributed by atoms with Gasteiger partial charge >= 0.3 is 0 Å². The highest BCUT2D eigenvalue weighted by Gasteiger charge is 2.21. The fourth-order valence-corrected chi connectivity index (χ4v) is 2.89. The summed E-state index contributed by atoms with van der Waals surface area (Å²) in [6.07, 6.45) is 2.34. The standard InChI is InChI=1S/C19H30FN3O2/c1-4-21-19(23-12-10-17(11-13-23)24-5-2)22-14-15(3)25-18-8-6-16(20)7-9-18/h6-9,15,17H,4-5,10-14H2,1-3H3,(H,21,22). The molecule has 1 atom stereocenters. The summed E-state index contributed by atoms with van der Waals surface area (Å²) in [6, 6.07) is 6.08. The number of benzene rings is 1. The maximum atomic E-state index is 12.9. The van der Waals surface area contributed by atoms with Crippen molar-refractivity contribution in [1.29, 1.82) is 0 Å². The van der Waals surface area contributed by atoms with E-state index in [1.165, 1.54) is 12.1 Å². The number of hydrogen-bond donors (Lipinski definition) is 1. The lowest BCUT2D eigenvalue weighted by Gasteiger charge is -2.34. The van der Waals surface area contributed by atoms with Gasteiger partial charge in [0.05, 0.1) is 12.6 Å². The predicted octanol–water partition coefficient (Wildman–Crippen LogP) is 3.06. The van der Waals surface area contributed by atoms with Crippen molar-refractivity contribution in [2.24, 2.45) is 4.99 Å². The Hall–Kier alpha value is -1.82. The Labute approximate surface area is 150 Å². The van der Waals surface area contributed by atoms with Crippen LogP contribution >= 0.6 is 0 Å². The lowest BCUT2D eigenvalue weighted by molar-refractivity contribution is 0.0263.